The first kappa shape index (κ1) is 15.2. The second kappa shape index (κ2) is 5.68. The molecule has 21 heavy (non-hydrogen) atoms. The standard InChI is InChI=1S/C11H8ClF3N4O2/c1-2-21-10(20)6-5-16-19(9(6)11(13,14)15)8-4-3-7(12)17-18-8/h3-5H,2H2,1H3. The first-order chi connectivity index (χ1) is 9.84. The molecule has 0 aromatic carbocycles. The summed E-state index contributed by atoms with van der Waals surface area (Å²) in [6.07, 6.45) is -4.04. The normalized spacial score (nSPS) is 11.5. The molecular weight excluding hydrogens is 313 g/mol. The molecule has 6 nitrogen and oxygen atoms in total. The van der Waals surface area contributed by atoms with Crippen LogP contribution in [-0.2, 0) is 10.9 Å². The smallest absolute Gasteiger partial charge is 0.434 e. The molecule has 112 valence electrons. The molecule has 0 unspecified atom stereocenters. The number of nitrogens with zero attached hydrogens (tertiary/aromatic N) is 4. The minimum atomic E-state index is -4.82. The predicted octanol–water partition coefficient (Wildman–Crippen LogP) is 2.51. The second-order valence-electron chi connectivity index (χ2n) is 3.75. The largest absolute Gasteiger partial charge is 0.462 e. The Balaban J connectivity index is 2.57. The second-order valence-corrected chi connectivity index (χ2v) is 4.14. The van der Waals surface area contributed by atoms with E-state index in [0.717, 1.165) is 6.20 Å². The first-order valence-corrected chi connectivity index (χ1v) is 6.04. The maximum absolute atomic E-state index is 13.2. The van der Waals surface area contributed by atoms with Crippen molar-refractivity contribution in [2.75, 3.05) is 6.61 Å². The van der Waals surface area contributed by atoms with E-state index in [0.29, 0.717) is 4.68 Å². The summed E-state index contributed by atoms with van der Waals surface area (Å²) in [6.45, 7) is 1.43. The zero-order valence-electron chi connectivity index (χ0n) is 10.6. The molecule has 2 heterocycles. The van der Waals surface area contributed by atoms with Gasteiger partial charge in [0.1, 0.15) is 5.56 Å². The van der Waals surface area contributed by atoms with Crippen molar-refractivity contribution >= 4 is 17.6 Å². The molecule has 0 radical (unpaired) electrons. The van der Waals surface area contributed by atoms with Gasteiger partial charge in [-0.25, -0.2) is 9.48 Å². The van der Waals surface area contributed by atoms with E-state index >= 15 is 0 Å². The lowest BCUT2D eigenvalue weighted by molar-refractivity contribution is -0.143. The van der Waals surface area contributed by atoms with Gasteiger partial charge in [-0.15, -0.1) is 10.2 Å². The summed E-state index contributed by atoms with van der Waals surface area (Å²) in [7, 11) is 0. The van der Waals surface area contributed by atoms with Crippen molar-refractivity contribution in [3.63, 3.8) is 0 Å². The lowest BCUT2D eigenvalue weighted by Crippen LogP contribution is -2.19. The summed E-state index contributed by atoms with van der Waals surface area (Å²) in [5.41, 5.74) is -1.97. The van der Waals surface area contributed by atoms with Crippen LogP contribution in [0.15, 0.2) is 18.3 Å². The monoisotopic (exact) mass is 320 g/mol. The number of halogens is 4. The molecule has 0 fully saturated rings. The molecule has 0 bridgehead atoms. The van der Waals surface area contributed by atoms with Crippen LogP contribution in [0.3, 0.4) is 0 Å². The zero-order valence-corrected chi connectivity index (χ0v) is 11.3. The van der Waals surface area contributed by atoms with Crippen LogP contribution >= 0.6 is 11.6 Å². The molecule has 0 spiro atoms. The third-order valence-corrected chi connectivity index (χ3v) is 2.57. The third kappa shape index (κ3) is 3.13. The van der Waals surface area contributed by atoms with Gasteiger partial charge in [-0.2, -0.15) is 18.3 Å². The maximum atomic E-state index is 13.2. The van der Waals surface area contributed by atoms with Crippen LogP contribution in [0, 0.1) is 0 Å². The van der Waals surface area contributed by atoms with Crippen molar-refractivity contribution in [1.29, 1.82) is 0 Å². The highest BCUT2D eigenvalue weighted by atomic mass is 35.5. The fourth-order valence-electron chi connectivity index (χ4n) is 1.58. The van der Waals surface area contributed by atoms with E-state index in [1.54, 1.807) is 0 Å². The molecule has 2 aromatic rings. The molecule has 0 N–H and O–H groups in total. The van der Waals surface area contributed by atoms with Crippen molar-refractivity contribution in [3.05, 3.63) is 34.7 Å². The number of carbonyl (C=O) groups is 1. The highest BCUT2D eigenvalue weighted by molar-refractivity contribution is 6.29. The van der Waals surface area contributed by atoms with Crippen LogP contribution in [-0.4, -0.2) is 32.6 Å². The van der Waals surface area contributed by atoms with Gasteiger partial charge < -0.3 is 4.74 Å². The molecule has 0 atom stereocenters. The minimum Gasteiger partial charge on any atom is -0.462 e. The predicted molar refractivity (Wildman–Crippen MR) is 65.1 cm³/mol. The lowest BCUT2D eigenvalue weighted by atomic mass is 10.2. The average molecular weight is 321 g/mol. The molecule has 0 amide bonds. The van der Waals surface area contributed by atoms with E-state index in [-0.39, 0.29) is 17.6 Å². The van der Waals surface area contributed by atoms with Gasteiger partial charge in [-0.1, -0.05) is 11.6 Å². The number of carbonyl (C=O) groups excluding carboxylic acids is 1. The SMILES string of the molecule is CCOC(=O)c1cnn(-c2ccc(Cl)nn2)c1C(F)(F)F. The Morgan fingerprint density at radius 3 is 2.62 bits per heavy atom. The van der Waals surface area contributed by atoms with E-state index in [9.17, 15) is 18.0 Å². The van der Waals surface area contributed by atoms with Crippen LogP contribution in [0.25, 0.3) is 5.82 Å². The summed E-state index contributed by atoms with van der Waals surface area (Å²) in [4.78, 5) is 11.6. The van der Waals surface area contributed by atoms with Gasteiger partial charge in [0.2, 0.25) is 0 Å². The zero-order chi connectivity index (χ0) is 15.6. The van der Waals surface area contributed by atoms with E-state index in [1.165, 1.54) is 19.1 Å². The fourth-order valence-corrected chi connectivity index (χ4v) is 1.68. The number of esters is 1. The highest BCUT2D eigenvalue weighted by Gasteiger charge is 2.41. The van der Waals surface area contributed by atoms with Crippen molar-refractivity contribution in [3.8, 4) is 5.82 Å². The summed E-state index contributed by atoms with van der Waals surface area (Å²) in [5.74, 6) is -1.33. The van der Waals surface area contributed by atoms with Gasteiger partial charge in [0, 0.05) is 0 Å². The number of hydrogen-bond acceptors (Lipinski definition) is 5. The number of alkyl halides is 3. The summed E-state index contributed by atoms with van der Waals surface area (Å²) >= 11 is 5.53. The molecule has 0 saturated carbocycles. The number of hydrogen-bond donors (Lipinski definition) is 0. The van der Waals surface area contributed by atoms with E-state index in [1.807, 2.05) is 0 Å². The van der Waals surface area contributed by atoms with Crippen LogP contribution in [0.5, 0.6) is 0 Å². The molecular formula is C11H8ClF3N4O2. The van der Waals surface area contributed by atoms with Gasteiger partial charge in [-0.3, -0.25) is 0 Å². The lowest BCUT2D eigenvalue weighted by Gasteiger charge is -2.11. The Morgan fingerprint density at radius 1 is 1.38 bits per heavy atom. The van der Waals surface area contributed by atoms with Crippen molar-refractivity contribution in [2.24, 2.45) is 0 Å². The Kier molecular flexibility index (Phi) is 4.12. The molecule has 2 rings (SSSR count). The highest BCUT2D eigenvalue weighted by Crippen LogP contribution is 2.33. The van der Waals surface area contributed by atoms with Gasteiger partial charge in [0.05, 0.1) is 12.8 Å². The van der Waals surface area contributed by atoms with E-state index < -0.39 is 23.4 Å². The van der Waals surface area contributed by atoms with Gasteiger partial charge in [-0.05, 0) is 19.1 Å². The van der Waals surface area contributed by atoms with Gasteiger partial charge in [0.25, 0.3) is 0 Å². The number of ether oxygens (including phenoxy) is 1. The fraction of sp³-hybridized carbons (Fsp3) is 0.273. The Bertz CT molecular complexity index is 654. The molecule has 2 aromatic heterocycles. The van der Waals surface area contributed by atoms with Crippen LogP contribution in [0.1, 0.15) is 23.0 Å². The Labute approximate surface area is 121 Å². The minimum absolute atomic E-state index is 0.0186. The van der Waals surface area contributed by atoms with Gasteiger partial charge in [0.15, 0.2) is 16.7 Å². The molecule has 0 saturated heterocycles. The molecule has 0 aliphatic carbocycles. The van der Waals surface area contributed by atoms with Crippen molar-refractivity contribution in [1.82, 2.24) is 20.0 Å². The number of rotatable bonds is 3. The van der Waals surface area contributed by atoms with Crippen molar-refractivity contribution in [2.45, 2.75) is 13.1 Å². The topological polar surface area (TPSA) is 69.9 Å². The summed E-state index contributed by atoms with van der Waals surface area (Å²) in [5, 5.41) is 10.5. The summed E-state index contributed by atoms with van der Waals surface area (Å²) < 4.78 is 44.5. The molecule has 0 aliphatic rings. The molecule has 10 heteroatoms. The first-order valence-electron chi connectivity index (χ1n) is 5.66. The van der Waals surface area contributed by atoms with E-state index in [4.69, 9.17) is 11.6 Å². The van der Waals surface area contributed by atoms with Crippen molar-refractivity contribution < 1.29 is 22.7 Å². The van der Waals surface area contributed by atoms with Crippen LogP contribution < -0.4 is 0 Å². The summed E-state index contributed by atoms with van der Waals surface area (Å²) in [6, 6.07) is 2.46. The Hall–Kier alpha value is -2.16. The third-order valence-electron chi connectivity index (χ3n) is 2.37. The quantitative estimate of drug-likeness (QED) is 0.813. The van der Waals surface area contributed by atoms with Gasteiger partial charge >= 0.3 is 12.1 Å². The van der Waals surface area contributed by atoms with Crippen LogP contribution in [0.4, 0.5) is 13.2 Å². The maximum Gasteiger partial charge on any atom is 0.434 e. The number of aromatic nitrogens is 4. The molecule has 0 aliphatic heterocycles. The average Bonchev–Trinajstić information content (AvgIpc) is 2.84. The van der Waals surface area contributed by atoms with E-state index in [2.05, 4.69) is 20.0 Å². The Morgan fingerprint density at radius 2 is 2.10 bits per heavy atom. The van der Waals surface area contributed by atoms with Crippen LogP contribution in [0.2, 0.25) is 5.15 Å².